The summed E-state index contributed by atoms with van der Waals surface area (Å²) < 4.78 is 1.82. The molecule has 7 heteroatoms. The number of thiazole rings is 1. The zero-order chi connectivity index (χ0) is 17.1. The Balaban J connectivity index is 1.56. The minimum absolute atomic E-state index is 0.0342. The van der Waals surface area contributed by atoms with Gasteiger partial charge in [-0.25, -0.2) is 4.98 Å². The lowest BCUT2D eigenvalue weighted by Crippen LogP contribution is -2.29. The number of amides is 1. The smallest absolute Gasteiger partial charge is 0.230 e. The molecule has 24 heavy (non-hydrogen) atoms. The summed E-state index contributed by atoms with van der Waals surface area (Å²) in [6.07, 6.45) is 4.23. The Kier molecular flexibility index (Phi) is 5.30. The van der Waals surface area contributed by atoms with E-state index in [-0.39, 0.29) is 5.91 Å². The third-order valence-corrected chi connectivity index (χ3v) is 5.44. The highest BCUT2D eigenvalue weighted by molar-refractivity contribution is 7.13. The van der Waals surface area contributed by atoms with E-state index in [9.17, 15) is 4.79 Å². The number of nitrogens with zero attached hydrogens (tertiary/aromatic N) is 4. The van der Waals surface area contributed by atoms with E-state index >= 15 is 0 Å². The van der Waals surface area contributed by atoms with Crippen LogP contribution in [0.2, 0.25) is 0 Å². The Morgan fingerprint density at radius 1 is 1.29 bits per heavy atom. The second-order valence-corrected chi connectivity index (χ2v) is 7.34. The number of carbonyl (C=O) groups excluding carboxylic acids is 1. The van der Waals surface area contributed by atoms with E-state index in [0.717, 1.165) is 42.3 Å². The maximum Gasteiger partial charge on any atom is 0.230 e. The molecular weight excluding hydrogens is 322 g/mol. The van der Waals surface area contributed by atoms with Gasteiger partial charge in [-0.05, 0) is 39.8 Å². The van der Waals surface area contributed by atoms with Crippen molar-refractivity contribution in [3.63, 3.8) is 0 Å². The number of aromatic nitrogens is 3. The zero-order valence-electron chi connectivity index (χ0n) is 14.6. The summed E-state index contributed by atoms with van der Waals surface area (Å²) in [6, 6.07) is 0. The highest BCUT2D eigenvalue weighted by Crippen LogP contribution is 2.20. The Morgan fingerprint density at radius 2 is 2.04 bits per heavy atom. The number of carbonyl (C=O) groups is 1. The molecule has 1 aliphatic heterocycles. The lowest BCUT2D eigenvalue weighted by molar-refractivity contribution is -0.115. The molecule has 0 atom stereocenters. The van der Waals surface area contributed by atoms with Crippen LogP contribution in [-0.4, -0.2) is 38.7 Å². The van der Waals surface area contributed by atoms with Crippen LogP contribution in [0.25, 0.3) is 0 Å². The van der Waals surface area contributed by atoms with Gasteiger partial charge < -0.3 is 5.32 Å². The molecule has 2 aromatic rings. The van der Waals surface area contributed by atoms with Crippen molar-refractivity contribution in [2.45, 2.75) is 46.1 Å². The summed E-state index contributed by atoms with van der Waals surface area (Å²) in [5, 5.41) is 10.0. The fraction of sp³-hybridized carbons (Fsp3) is 0.588. The second kappa shape index (κ2) is 7.44. The van der Waals surface area contributed by atoms with Gasteiger partial charge in [0.1, 0.15) is 0 Å². The molecule has 0 bridgehead atoms. The summed E-state index contributed by atoms with van der Waals surface area (Å²) in [5.41, 5.74) is 3.99. The zero-order valence-corrected chi connectivity index (χ0v) is 15.4. The minimum Gasteiger partial charge on any atom is -0.302 e. The first kappa shape index (κ1) is 17.1. The van der Waals surface area contributed by atoms with Gasteiger partial charge in [-0.1, -0.05) is 6.42 Å². The number of aryl methyl sites for hydroxylation is 2. The summed E-state index contributed by atoms with van der Waals surface area (Å²) in [5.74, 6) is -0.0342. The van der Waals surface area contributed by atoms with Gasteiger partial charge >= 0.3 is 0 Å². The quantitative estimate of drug-likeness (QED) is 0.903. The van der Waals surface area contributed by atoms with Gasteiger partial charge in [0.05, 0.1) is 17.8 Å². The van der Waals surface area contributed by atoms with Crippen molar-refractivity contribution >= 4 is 22.4 Å². The van der Waals surface area contributed by atoms with E-state index < -0.39 is 0 Å². The van der Waals surface area contributed by atoms with Gasteiger partial charge in [0.2, 0.25) is 5.91 Å². The molecule has 1 amide bonds. The van der Waals surface area contributed by atoms with Crippen LogP contribution >= 0.6 is 11.3 Å². The molecule has 0 unspecified atom stereocenters. The van der Waals surface area contributed by atoms with E-state index in [1.807, 2.05) is 31.0 Å². The SMILES string of the molecule is Cc1nn(C)c(C)c1CC(=O)Nc1nc(CN2CCCCC2)cs1. The second-order valence-electron chi connectivity index (χ2n) is 6.48. The minimum atomic E-state index is -0.0342. The summed E-state index contributed by atoms with van der Waals surface area (Å²) >= 11 is 1.50. The van der Waals surface area contributed by atoms with E-state index in [2.05, 4.69) is 20.3 Å². The standard InChI is InChI=1S/C17H25N5OS/c1-12-15(13(2)21(3)20-12)9-16(23)19-17-18-14(11-24-17)10-22-7-5-4-6-8-22/h11H,4-10H2,1-3H3,(H,18,19,23). The van der Waals surface area contributed by atoms with Crippen LogP contribution in [-0.2, 0) is 24.8 Å². The highest BCUT2D eigenvalue weighted by atomic mass is 32.1. The van der Waals surface area contributed by atoms with Crippen LogP contribution in [0.15, 0.2) is 5.38 Å². The summed E-state index contributed by atoms with van der Waals surface area (Å²) in [4.78, 5) is 19.3. The van der Waals surface area contributed by atoms with E-state index in [0.29, 0.717) is 11.6 Å². The third kappa shape index (κ3) is 4.02. The number of rotatable bonds is 5. The molecule has 0 saturated carbocycles. The number of hydrogen-bond donors (Lipinski definition) is 1. The molecule has 1 fully saturated rings. The van der Waals surface area contributed by atoms with E-state index in [1.54, 1.807) is 0 Å². The number of hydrogen-bond acceptors (Lipinski definition) is 5. The first-order valence-corrected chi connectivity index (χ1v) is 9.36. The van der Waals surface area contributed by atoms with Crippen molar-refractivity contribution in [1.29, 1.82) is 0 Å². The molecule has 1 N–H and O–H groups in total. The number of nitrogens with one attached hydrogen (secondary N) is 1. The van der Waals surface area contributed by atoms with Crippen molar-refractivity contribution in [2.75, 3.05) is 18.4 Å². The Bertz CT molecular complexity index is 715. The first-order valence-electron chi connectivity index (χ1n) is 8.48. The van der Waals surface area contributed by atoms with Crippen LogP contribution < -0.4 is 5.32 Å². The molecule has 130 valence electrons. The van der Waals surface area contributed by atoms with Crippen LogP contribution in [0.5, 0.6) is 0 Å². The highest BCUT2D eigenvalue weighted by Gasteiger charge is 2.16. The fourth-order valence-electron chi connectivity index (χ4n) is 3.18. The number of piperidine rings is 1. The Labute approximate surface area is 146 Å². The van der Waals surface area contributed by atoms with Crippen molar-refractivity contribution in [3.05, 3.63) is 28.0 Å². The Morgan fingerprint density at radius 3 is 2.71 bits per heavy atom. The molecule has 3 rings (SSSR count). The van der Waals surface area contributed by atoms with Crippen molar-refractivity contribution < 1.29 is 4.79 Å². The average molecular weight is 347 g/mol. The van der Waals surface area contributed by atoms with Crippen molar-refractivity contribution in [3.8, 4) is 0 Å². The predicted molar refractivity (Wildman–Crippen MR) is 96.3 cm³/mol. The average Bonchev–Trinajstić information content (AvgIpc) is 3.08. The lowest BCUT2D eigenvalue weighted by atomic mass is 10.1. The van der Waals surface area contributed by atoms with Crippen LogP contribution in [0.4, 0.5) is 5.13 Å². The van der Waals surface area contributed by atoms with Crippen molar-refractivity contribution in [1.82, 2.24) is 19.7 Å². The van der Waals surface area contributed by atoms with Gasteiger partial charge in [0.25, 0.3) is 0 Å². The van der Waals surface area contributed by atoms with Gasteiger partial charge in [-0.3, -0.25) is 14.4 Å². The normalized spacial score (nSPS) is 15.6. The number of anilines is 1. The lowest BCUT2D eigenvalue weighted by Gasteiger charge is -2.25. The van der Waals surface area contributed by atoms with Gasteiger partial charge in [-0.15, -0.1) is 11.3 Å². The largest absolute Gasteiger partial charge is 0.302 e. The van der Waals surface area contributed by atoms with Gasteiger partial charge in [-0.2, -0.15) is 5.10 Å². The fourth-order valence-corrected chi connectivity index (χ4v) is 3.90. The maximum absolute atomic E-state index is 12.3. The number of likely N-dealkylation sites (tertiary alicyclic amines) is 1. The molecule has 0 spiro atoms. The first-order chi connectivity index (χ1) is 11.5. The van der Waals surface area contributed by atoms with Gasteiger partial charge in [0.15, 0.2) is 5.13 Å². The van der Waals surface area contributed by atoms with Gasteiger partial charge in [0, 0.05) is 30.2 Å². The molecule has 2 aromatic heterocycles. The van der Waals surface area contributed by atoms with Crippen LogP contribution in [0, 0.1) is 13.8 Å². The topological polar surface area (TPSA) is 63.1 Å². The molecule has 1 aliphatic rings. The molecule has 0 radical (unpaired) electrons. The molecular formula is C17H25N5OS. The molecule has 6 nitrogen and oxygen atoms in total. The van der Waals surface area contributed by atoms with Crippen molar-refractivity contribution in [2.24, 2.45) is 7.05 Å². The predicted octanol–water partition coefficient (Wildman–Crippen LogP) is 2.66. The molecule has 0 aromatic carbocycles. The molecule has 1 saturated heterocycles. The Hall–Kier alpha value is -1.73. The van der Waals surface area contributed by atoms with E-state index in [4.69, 9.17) is 0 Å². The van der Waals surface area contributed by atoms with Crippen LogP contribution in [0.1, 0.15) is 41.9 Å². The van der Waals surface area contributed by atoms with Crippen LogP contribution in [0.3, 0.4) is 0 Å². The summed E-state index contributed by atoms with van der Waals surface area (Å²) in [7, 11) is 1.90. The molecule has 0 aliphatic carbocycles. The monoisotopic (exact) mass is 347 g/mol. The maximum atomic E-state index is 12.3. The molecule has 3 heterocycles. The summed E-state index contributed by atoms with van der Waals surface area (Å²) in [6.45, 7) is 7.11. The third-order valence-electron chi connectivity index (χ3n) is 4.63. The van der Waals surface area contributed by atoms with E-state index in [1.165, 1.54) is 30.6 Å².